The van der Waals surface area contributed by atoms with Gasteiger partial charge in [0, 0.05) is 58.5 Å². The number of amidine groups is 2. The van der Waals surface area contributed by atoms with Crippen LogP contribution in [0.5, 0.6) is 0 Å². The van der Waals surface area contributed by atoms with E-state index in [0.717, 1.165) is 50.2 Å². The highest BCUT2D eigenvalue weighted by Crippen LogP contribution is 2.41. The summed E-state index contributed by atoms with van der Waals surface area (Å²) in [6, 6.07) is 65.1. The summed E-state index contributed by atoms with van der Waals surface area (Å²) < 4.78 is 11.1. The largest absolute Gasteiger partial charge is 0.456 e. The molecule has 1 aliphatic rings. The summed E-state index contributed by atoms with van der Waals surface area (Å²) in [6.07, 6.45) is -0.371. The molecule has 1 atom stereocenters. The number of aliphatic imine (C=N–C) groups is 2. The molecule has 12 aromatic rings. The van der Waals surface area contributed by atoms with Crippen molar-refractivity contribution in [2.45, 2.75) is 6.17 Å². The molecule has 0 saturated heterocycles. The standard InChI is InChI=1S/C53H32N4OS/c1-3-11-37-31(9-1)19-25-43-49(37)50-38-12-4-2-10-32(38)20-26-44(50)57(43)36-23-17-33(18-24-36)51-54-52(34-21-27-46-41(29-34)39-13-5-7-15-45(39)58-46)56-53(55-51)35-22-28-48-42(30-35)40-14-6-8-16-47(40)59-48/h1-30,51H,(H,54,55,56). The Hall–Kier alpha value is -7.54. The van der Waals surface area contributed by atoms with Crippen molar-refractivity contribution in [1.82, 2.24) is 9.88 Å². The Balaban J connectivity index is 0.963. The second-order valence-electron chi connectivity index (χ2n) is 15.4. The minimum atomic E-state index is -0.371. The number of hydrogen-bond acceptors (Lipinski definition) is 5. The maximum absolute atomic E-state index is 6.20. The van der Waals surface area contributed by atoms with Crippen molar-refractivity contribution in [1.29, 1.82) is 0 Å². The number of benzene rings is 9. The Morgan fingerprint density at radius 2 is 1.10 bits per heavy atom. The predicted octanol–water partition coefficient (Wildman–Crippen LogP) is 13.9. The first kappa shape index (κ1) is 32.5. The normalized spacial score (nSPS) is 14.6. The molecule has 1 unspecified atom stereocenters. The average molecular weight is 773 g/mol. The van der Waals surface area contributed by atoms with Crippen LogP contribution < -0.4 is 5.32 Å². The Bertz CT molecular complexity index is 3680. The van der Waals surface area contributed by atoms with Crippen molar-refractivity contribution in [3.05, 3.63) is 199 Å². The van der Waals surface area contributed by atoms with Crippen LogP contribution >= 0.6 is 11.3 Å². The van der Waals surface area contributed by atoms with Crippen LogP contribution in [0.3, 0.4) is 0 Å². The molecule has 0 bridgehead atoms. The molecule has 5 nitrogen and oxygen atoms in total. The molecular weight excluding hydrogens is 741 g/mol. The topological polar surface area (TPSA) is 54.8 Å². The lowest BCUT2D eigenvalue weighted by Crippen LogP contribution is -2.33. The number of thiophene rings is 1. The number of rotatable bonds is 4. The van der Waals surface area contributed by atoms with Gasteiger partial charge < -0.3 is 14.3 Å². The van der Waals surface area contributed by atoms with Gasteiger partial charge in [-0.15, -0.1) is 11.3 Å². The van der Waals surface area contributed by atoms with Gasteiger partial charge in [0.15, 0.2) is 5.84 Å². The van der Waals surface area contributed by atoms with Crippen molar-refractivity contribution >= 4 is 108 Å². The van der Waals surface area contributed by atoms with Crippen molar-refractivity contribution in [3.8, 4) is 5.69 Å². The van der Waals surface area contributed by atoms with E-state index in [1.165, 1.54) is 63.5 Å². The number of furan rings is 1. The van der Waals surface area contributed by atoms with Gasteiger partial charge in [-0.2, -0.15) is 0 Å². The summed E-state index contributed by atoms with van der Waals surface area (Å²) in [6.45, 7) is 0. The van der Waals surface area contributed by atoms with E-state index in [9.17, 15) is 0 Å². The molecule has 3 aromatic heterocycles. The van der Waals surface area contributed by atoms with Crippen molar-refractivity contribution < 1.29 is 4.42 Å². The predicted molar refractivity (Wildman–Crippen MR) is 248 cm³/mol. The van der Waals surface area contributed by atoms with E-state index in [1.54, 1.807) is 0 Å². The number of hydrogen-bond donors (Lipinski definition) is 1. The Morgan fingerprint density at radius 1 is 0.492 bits per heavy atom. The van der Waals surface area contributed by atoms with Crippen LogP contribution in [0.1, 0.15) is 22.9 Å². The summed E-state index contributed by atoms with van der Waals surface area (Å²) in [5.41, 5.74) is 8.21. The molecule has 13 rings (SSSR count). The molecule has 0 spiro atoms. The lowest BCUT2D eigenvalue weighted by atomic mass is 10.00. The van der Waals surface area contributed by atoms with Crippen LogP contribution in [0.4, 0.5) is 0 Å². The number of nitrogens with zero attached hydrogens (tertiary/aromatic N) is 3. The molecule has 59 heavy (non-hydrogen) atoms. The van der Waals surface area contributed by atoms with E-state index < -0.39 is 0 Å². The van der Waals surface area contributed by atoms with E-state index in [0.29, 0.717) is 5.84 Å². The van der Waals surface area contributed by atoms with Crippen LogP contribution in [0.25, 0.3) is 91.1 Å². The first-order chi connectivity index (χ1) is 29.2. The van der Waals surface area contributed by atoms with Gasteiger partial charge >= 0.3 is 0 Å². The first-order valence-electron chi connectivity index (χ1n) is 19.9. The fraction of sp³-hybridized carbons (Fsp3) is 0.0189. The third-order valence-corrected chi connectivity index (χ3v) is 13.2. The minimum Gasteiger partial charge on any atom is -0.456 e. The molecule has 1 N–H and O–H groups in total. The van der Waals surface area contributed by atoms with Crippen LogP contribution in [0.15, 0.2) is 196 Å². The molecule has 0 amide bonds. The number of para-hydroxylation sites is 1. The van der Waals surface area contributed by atoms with Crippen molar-refractivity contribution in [2.24, 2.45) is 9.98 Å². The fourth-order valence-corrected chi connectivity index (χ4v) is 10.4. The van der Waals surface area contributed by atoms with Gasteiger partial charge in [0.2, 0.25) is 0 Å². The lowest BCUT2D eigenvalue weighted by molar-refractivity contribution is 0.668. The monoisotopic (exact) mass is 772 g/mol. The molecule has 9 aromatic carbocycles. The van der Waals surface area contributed by atoms with Gasteiger partial charge in [0.1, 0.15) is 23.2 Å². The van der Waals surface area contributed by atoms with E-state index in [1.807, 2.05) is 29.5 Å². The third-order valence-electron chi connectivity index (χ3n) is 12.0. The number of aromatic nitrogens is 1. The van der Waals surface area contributed by atoms with Gasteiger partial charge in [-0.3, -0.25) is 0 Å². The number of fused-ring (bicyclic) bond motifs is 13. The summed E-state index contributed by atoms with van der Waals surface area (Å²) in [7, 11) is 0. The fourth-order valence-electron chi connectivity index (χ4n) is 9.27. The van der Waals surface area contributed by atoms with E-state index in [-0.39, 0.29) is 6.17 Å². The third kappa shape index (κ3) is 4.97. The summed E-state index contributed by atoms with van der Waals surface area (Å²) in [5, 5.41) is 15.9. The zero-order valence-electron chi connectivity index (χ0n) is 31.6. The van der Waals surface area contributed by atoms with Gasteiger partial charge in [-0.05, 0) is 99.9 Å². The highest BCUT2D eigenvalue weighted by molar-refractivity contribution is 7.25. The van der Waals surface area contributed by atoms with E-state index in [2.05, 4.69) is 174 Å². The zero-order chi connectivity index (χ0) is 38.6. The zero-order valence-corrected chi connectivity index (χ0v) is 32.4. The van der Waals surface area contributed by atoms with Gasteiger partial charge in [-0.1, -0.05) is 109 Å². The van der Waals surface area contributed by atoms with E-state index in [4.69, 9.17) is 14.4 Å². The molecule has 0 radical (unpaired) electrons. The highest BCUT2D eigenvalue weighted by Gasteiger charge is 2.24. The molecule has 0 aliphatic carbocycles. The molecule has 6 heteroatoms. The Morgan fingerprint density at radius 3 is 1.86 bits per heavy atom. The number of nitrogens with one attached hydrogen (secondary N) is 1. The van der Waals surface area contributed by atoms with Gasteiger partial charge in [0.05, 0.1) is 11.0 Å². The Labute approximate surface area is 341 Å². The van der Waals surface area contributed by atoms with Crippen molar-refractivity contribution in [3.63, 3.8) is 0 Å². The van der Waals surface area contributed by atoms with E-state index >= 15 is 0 Å². The SMILES string of the molecule is c1ccc2c(c1)ccc1c2c2c3ccccc3ccc2n1-c1ccc(C2N=C(c3ccc4sc5ccccc5c4c3)N=C(c3ccc4oc5ccccc5c4c3)N2)cc1. The minimum absolute atomic E-state index is 0.371. The Kier molecular flexibility index (Phi) is 6.88. The quantitative estimate of drug-likeness (QED) is 0.194. The van der Waals surface area contributed by atoms with Crippen LogP contribution in [-0.4, -0.2) is 16.2 Å². The summed E-state index contributed by atoms with van der Waals surface area (Å²) in [5.74, 6) is 1.47. The van der Waals surface area contributed by atoms with Crippen LogP contribution in [0, 0.1) is 0 Å². The molecule has 4 heterocycles. The second kappa shape index (κ2) is 12.5. The van der Waals surface area contributed by atoms with Crippen LogP contribution in [0.2, 0.25) is 0 Å². The lowest BCUT2D eigenvalue weighted by Gasteiger charge is -2.24. The molecule has 0 saturated carbocycles. The average Bonchev–Trinajstić information content (AvgIpc) is 3.98. The maximum Gasteiger partial charge on any atom is 0.159 e. The highest BCUT2D eigenvalue weighted by atomic mass is 32.1. The van der Waals surface area contributed by atoms with Crippen molar-refractivity contribution in [2.75, 3.05) is 0 Å². The summed E-state index contributed by atoms with van der Waals surface area (Å²) >= 11 is 1.82. The van der Waals surface area contributed by atoms with Crippen LogP contribution in [-0.2, 0) is 0 Å². The molecule has 276 valence electrons. The first-order valence-corrected chi connectivity index (χ1v) is 20.7. The molecule has 1 aliphatic heterocycles. The second-order valence-corrected chi connectivity index (χ2v) is 16.5. The molecule has 0 fully saturated rings. The smallest absolute Gasteiger partial charge is 0.159 e. The van der Waals surface area contributed by atoms with Gasteiger partial charge in [0.25, 0.3) is 0 Å². The molecular formula is C53H32N4OS. The van der Waals surface area contributed by atoms with Gasteiger partial charge in [-0.25, -0.2) is 9.98 Å². The summed E-state index contributed by atoms with van der Waals surface area (Å²) in [4.78, 5) is 10.6. The maximum atomic E-state index is 6.20.